The van der Waals surface area contributed by atoms with Crippen LogP contribution in [0, 0.1) is 6.08 Å². The molecule has 1 atom stereocenters. The van der Waals surface area contributed by atoms with Gasteiger partial charge in [0.15, 0.2) is 0 Å². The summed E-state index contributed by atoms with van der Waals surface area (Å²) in [6.07, 6.45) is 15.7. The molecule has 4 aromatic rings. The highest BCUT2D eigenvalue weighted by Gasteiger charge is 2.31. The fourth-order valence-corrected chi connectivity index (χ4v) is 5.54. The summed E-state index contributed by atoms with van der Waals surface area (Å²) in [7, 11) is 0. The second kappa shape index (κ2) is 6.76. The molecule has 4 aromatic carbocycles. The van der Waals surface area contributed by atoms with Gasteiger partial charge >= 0.3 is 0 Å². The van der Waals surface area contributed by atoms with Gasteiger partial charge in [-0.1, -0.05) is 78.9 Å². The number of hydrogen-bond acceptors (Lipinski definition) is 0. The van der Waals surface area contributed by atoms with Crippen LogP contribution in [0.1, 0.15) is 44.9 Å². The van der Waals surface area contributed by atoms with Gasteiger partial charge in [0.05, 0.1) is 17.6 Å². The molecule has 0 aromatic heterocycles. The van der Waals surface area contributed by atoms with E-state index in [0.717, 1.165) is 6.42 Å². The maximum absolute atomic E-state index is 3.54. The van der Waals surface area contributed by atoms with E-state index < -0.39 is 0 Å². The number of rotatable bonds is 2. The van der Waals surface area contributed by atoms with E-state index in [1.54, 1.807) is 0 Å². The molecule has 1 unspecified atom stereocenters. The van der Waals surface area contributed by atoms with Crippen LogP contribution in [0.5, 0.6) is 0 Å². The topological polar surface area (TPSA) is 0 Å². The van der Waals surface area contributed by atoms with E-state index in [0.29, 0.717) is 0 Å². The molecular formula is C32H21+. The van der Waals surface area contributed by atoms with Crippen LogP contribution in [0.2, 0.25) is 0 Å². The lowest BCUT2D eigenvalue weighted by Gasteiger charge is -2.21. The lowest BCUT2D eigenvalue weighted by Crippen LogP contribution is -2.08. The Morgan fingerprint density at radius 2 is 1.47 bits per heavy atom. The molecule has 0 bridgehead atoms. The summed E-state index contributed by atoms with van der Waals surface area (Å²) < 4.78 is 0. The molecule has 0 heteroatoms. The van der Waals surface area contributed by atoms with Gasteiger partial charge in [-0.3, -0.25) is 0 Å². The standard InChI is InChI=1S/C32H21/c1-7-24-9-4-12-30-29(18-17-25(8-1)32(24)30)22-15-13-21(14-16-22)28-19-26-10-2-5-23-6-3-11-27(20-28)31(23)26/h1-11,13-19,29H,20H2/q+1. The van der Waals surface area contributed by atoms with E-state index in [9.17, 15) is 0 Å². The van der Waals surface area contributed by atoms with Crippen molar-refractivity contribution in [3.63, 3.8) is 0 Å². The molecule has 0 heterocycles. The van der Waals surface area contributed by atoms with Crippen LogP contribution < -0.4 is 0 Å². The van der Waals surface area contributed by atoms with Crippen LogP contribution in [-0.4, -0.2) is 0 Å². The lowest BCUT2D eigenvalue weighted by molar-refractivity contribution is 1.09. The van der Waals surface area contributed by atoms with E-state index in [1.165, 1.54) is 60.9 Å². The molecular weight excluding hydrogens is 384 g/mol. The summed E-state index contributed by atoms with van der Waals surface area (Å²) in [5.74, 6) is 0.248. The lowest BCUT2D eigenvalue weighted by atomic mass is 9.76. The van der Waals surface area contributed by atoms with Gasteiger partial charge in [-0.15, -0.1) is 0 Å². The second-order valence-corrected chi connectivity index (χ2v) is 8.87. The first-order valence-electron chi connectivity index (χ1n) is 11.3. The second-order valence-electron chi connectivity index (χ2n) is 8.87. The Kier molecular flexibility index (Phi) is 3.73. The van der Waals surface area contributed by atoms with Crippen LogP contribution in [-0.2, 0) is 6.42 Å². The summed E-state index contributed by atoms with van der Waals surface area (Å²) in [6.45, 7) is 0. The molecule has 32 heavy (non-hydrogen) atoms. The highest BCUT2D eigenvalue weighted by molar-refractivity contribution is 6.02. The van der Waals surface area contributed by atoms with E-state index in [1.807, 2.05) is 0 Å². The van der Waals surface area contributed by atoms with Crippen molar-refractivity contribution >= 4 is 40.1 Å². The molecule has 0 spiro atoms. The van der Waals surface area contributed by atoms with E-state index in [4.69, 9.17) is 0 Å². The normalized spacial score (nSPS) is 17.4. The maximum atomic E-state index is 3.54. The zero-order valence-electron chi connectivity index (χ0n) is 17.7. The molecule has 0 radical (unpaired) electrons. The van der Waals surface area contributed by atoms with Crippen molar-refractivity contribution in [1.82, 2.24) is 0 Å². The Hall–Kier alpha value is -3.99. The van der Waals surface area contributed by atoms with Gasteiger partial charge in [0.1, 0.15) is 17.2 Å². The molecule has 3 aliphatic rings. The van der Waals surface area contributed by atoms with Crippen molar-refractivity contribution in [3.05, 3.63) is 136 Å². The smallest absolute Gasteiger partial charge is 0.0677 e. The largest absolute Gasteiger partial charge is 0.135 e. The zero-order chi connectivity index (χ0) is 21.1. The molecule has 7 rings (SSSR count). The van der Waals surface area contributed by atoms with E-state index in [2.05, 4.69) is 115 Å². The summed E-state index contributed by atoms with van der Waals surface area (Å²) >= 11 is 0. The van der Waals surface area contributed by atoms with Gasteiger partial charge in [-0.2, -0.15) is 0 Å². The minimum absolute atomic E-state index is 0.248. The molecule has 0 saturated carbocycles. The Morgan fingerprint density at radius 1 is 0.719 bits per heavy atom. The minimum atomic E-state index is 0.248. The Bertz CT molecular complexity index is 1520. The van der Waals surface area contributed by atoms with Crippen LogP contribution in [0.15, 0.2) is 91.0 Å². The van der Waals surface area contributed by atoms with Gasteiger partial charge in [0.2, 0.25) is 0 Å². The van der Waals surface area contributed by atoms with E-state index in [-0.39, 0.29) is 5.92 Å². The van der Waals surface area contributed by atoms with Crippen molar-refractivity contribution in [2.75, 3.05) is 0 Å². The first kappa shape index (κ1) is 17.7. The molecule has 0 amide bonds. The highest BCUT2D eigenvalue weighted by Crippen LogP contribution is 2.43. The molecule has 0 nitrogen and oxygen atoms in total. The molecule has 0 aliphatic heterocycles. The van der Waals surface area contributed by atoms with Crippen LogP contribution in [0.3, 0.4) is 0 Å². The zero-order valence-corrected chi connectivity index (χ0v) is 17.7. The Balaban J connectivity index is 1.26. The third-order valence-corrected chi connectivity index (χ3v) is 7.05. The molecule has 0 fully saturated rings. The Morgan fingerprint density at radius 3 is 2.34 bits per heavy atom. The highest BCUT2D eigenvalue weighted by atomic mass is 14.3. The average Bonchev–Trinajstić information content (AvgIpc) is 2.85. The van der Waals surface area contributed by atoms with Crippen LogP contribution in [0.25, 0.3) is 40.1 Å². The number of allylic oxidation sites excluding steroid dienone is 5. The van der Waals surface area contributed by atoms with Crippen molar-refractivity contribution < 1.29 is 0 Å². The third-order valence-electron chi connectivity index (χ3n) is 7.05. The molecule has 0 N–H and O–H groups in total. The summed E-state index contributed by atoms with van der Waals surface area (Å²) in [5, 5.41) is 2.74. The fourth-order valence-electron chi connectivity index (χ4n) is 5.54. The number of hydrogen-bond donors (Lipinski definition) is 0. The van der Waals surface area contributed by atoms with Crippen LogP contribution in [0.4, 0.5) is 0 Å². The monoisotopic (exact) mass is 405 g/mol. The van der Waals surface area contributed by atoms with Gasteiger partial charge in [-0.05, 0) is 63.2 Å². The fraction of sp³-hybridized carbons (Fsp3) is 0.0625. The van der Waals surface area contributed by atoms with Gasteiger partial charge in [-0.25, -0.2) is 0 Å². The minimum Gasteiger partial charge on any atom is -0.0677 e. The van der Waals surface area contributed by atoms with E-state index >= 15 is 0 Å². The van der Waals surface area contributed by atoms with Crippen molar-refractivity contribution in [2.24, 2.45) is 0 Å². The quantitative estimate of drug-likeness (QED) is 0.297. The van der Waals surface area contributed by atoms with Crippen molar-refractivity contribution in [1.29, 1.82) is 0 Å². The van der Waals surface area contributed by atoms with Crippen molar-refractivity contribution in [3.8, 4) is 0 Å². The molecule has 148 valence electrons. The Labute approximate surface area is 188 Å². The first-order valence-corrected chi connectivity index (χ1v) is 11.3. The predicted molar refractivity (Wildman–Crippen MR) is 136 cm³/mol. The van der Waals surface area contributed by atoms with Gasteiger partial charge in [0.25, 0.3) is 0 Å². The molecule has 0 saturated heterocycles. The predicted octanol–water partition coefficient (Wildman–Crippen LogP) is 7.96. The summed E-state index contributed by atoms with van der Waals surface area (Å²) in [4.78, 5) is 0. The summed E-state index contributed by atoms with van der Waals surface area (Å²) in [6, 6.07) is 29.0. The summed E-state index contributed by atoms with van der Waals surface area (Å²) in [5.41, 5.74) is 12.0. The average molecular weight is 406 g/mol. The first-order chi connectivity index (χ1) is 15.8. The molecule has 3 aliphatic carbocycles. The SMILES string of the molecule is [C+]1=C2c3c(cccc3C=CC2c2ccc(C3=Cc4cccc5cccc(c45)C3)cc2)C=C1. The third kappa shape index (κ3) is 2.61. The van der Waals surface area contributed by atoms with Crippen LogP contribution >= 0.6 is 0 Å². The van der Waals surface area contributed by atoms with Gasteiger partial charge < -0.3 is 0 Å². The number of benzene rings is 4. The maximum Gasteiger partial charge on any atom is 0.135 e. The van der Waals surface area contributed by atoms with Crippen molar-refractivity contribution in [2.45, 2.75) is 12.3 Å². The van der Waals surface area contributed by atoms with Gasteiger partial charge in [0, 0.05) is 11.6 Å².